The van der Waals surface area contributed by atoms with Gasteiger partial charge < -0.3 is 9.80 Å². The van der Waals surface area contributed by atoms with E-state index in [9.17, 15) is 0 Å². The zero-order valence-corrected chi connectivity index (χ0v) is 28.5. The molecule has 0 N–H and O–H groups in total. The molecule has 0 aromatic heterocycles. The van der Waals surface area contributed by atoms with Crippen molar-refractivity contribution in [2.45, 2.75) is 146 Å². The van der Waals surface area contributed by atoms with Crippen molar-refractivity contribution in [1.82, 2.24) is 9.80 Å². The first-order valence-corrected chi connectivity index (χ1v) is 19.8. The van der Waals surface area contributed by atoms with Crippen molar-refractivity contribution < 1.29 is 0 Å². The van der Waals surface area contributed by atoms with Crippen molar-refractivity contribution in [2.24, 2.45) is 29.6 Å². The molecule has 0 heterocycles. The molecule has 46 heavy (non-hydrogen) atoms. The van der Waals surface area contributed by atoms with Crippen molar-refractivity contribution in [1.29, 1.82) is 0 Å². The molecule has 0 amide bonds. The van der Waals surface area contributed by atoms with Crippen molar-refractivity contribution in [2.75, 3.05) is 0 Å². The summed E-state index contributed by atoms with van der Waals surface area (Å²) < 4.78 is 0. The first-order chi connectivity index (χ1) is 22.8. The summed E-state index contributed by atoms with van der Waals surface area (Å²) in [5, 5.41) is 0. The van der Waals surface area contributed by atoms with E-state index in [0.29, 0.717) is 36.0 Å². The molecule has 0 radical (unpaired) electrons. The van der Waals surface area contributed by atoms with E-state index in [1.807, 2.05) is 0 Å². The minimum absolute atomic E-state index is 0.586. The van der Waals surface area contributed by atoms with Gasteiger partial charge in [0.25, 0.3) is 0 Å². The van der Waals surface area contributed by atoms with Crippen LogP contribution in [0.15, 0.2) is 96.0 Å². The fourth-order valence-corrected chi connectivity index (χ4v) is 10.9. The summed E-state index contributed by atoms with van der Waals surface area (Å²) in [5.74, 6) is 3.77. The molecule has 0 saturated carbocycles. The van der Waals surface area contributed by atoms with Gasteiger partial charge in [0.2, 0.25) is 0 Å². The highest BCUT2D eigenvalue weighted by molar-refractivity contribution is 5.29. The standard InChI is InChI=1S/C44H60N2/c1-3-15-39(16-4-1)45(43-29-23-33-11-7-9-13-37(33)31-43)41-25-19-35(20-26-41)36-21-27-42(28-22-36)46(40-17-5-2-6-18-40)44-30-24-34-12-8-10-14-38(34)32-44/h1,3,7-8,11-12,17,19,21,24-25,27,31,33,35-39,41-42,44H,2,4-6,9-10,13-16,18,20,22-23,26,28-30,32H2. The van der Waals surface area contributed by atoms with Crippen LogP contribution < -0.4 is 0 Å². The minimum atomic E-state index is 0.586. The molecule has 246 valence electrons. The SMILES string of the molecule is C1=CC2=CCC(N(C3=CCCCC3)C3C=CC(C4C=CC(N(C5=CC6CCC=CC6CC5)C5CC=CCC5)CC4)CC3)CC2CC1. The Morgan fingerprint density at radius 1 is 0.500 bits per heavy atom. The predicted octanol–water partition coefficient (Wildman–Crippen LogP) is 11.1. The number of rotatable bonds is 7. The normalized spacial score (nSPS) is 38.7. The van der Waals surface area contributed by atoms with Crippen LogP contribution in [0.1, 0.15) is 122 Å². The van der Waals surface area contributed by atoms with E-state index in [2.05, 4.69) is 88.8 Å². The van der Waals surface area contributed by atoms with Crippen LogP contribution in [0.4, 0.5) is 0 Å². The van der Waals surface area contributed by atoms with Gasteiger partial charge in [-0.1, -0.05) is 79.0 Å². The highest BCUT2D eigenvalue weighted by Gasteiger charge is 2.37. The first kappa shape index (κ1) is 30.8. The fourth-order valence-electron chi connectivity index (χ4n) is 10.9. The lowest BCUT2D eigenvalue weighted by Gasteiger charge is -2.47. The van der Waals surface area contributed by atoms with E-state index in [4.69, 9.17) is 0 Å². The summed E-state index contributed by atoms with van der Waals surface area (Å²) in [6.07, 6.45) is 58.3. The molecular weight excluding hydrogens is 556 g/mol. The monoisotopic (exact) mass is 616 g/mol. The summed E-state index contributed by atoms with van der Waals surface area (Å²) in [6, 6.07) is 2.54. The molecule has 9 unspecified atom stereocenters. The van der Waals surface area contributed by atoms with Crippen LogP contribution in [0, 0.1) is 29.6 Å². The van der Waals surface area contributed by atoms with Gasteiger partial charge in [0.1, 0.15) is 0 Å². The molecule has 0 saturated heterocycles. The fraction of sp³-hybridized carbons (Fsp3) is 0.636. The summed E-state index contributed by atoms with van der Waals surface area (Å²) in [5.41, 5.74) is 5.00. The average molecular weight is 617 g/mol. The van der Waals surface area contributed by atoms with Crippen LogP contribution in [0.3, 0.4) is 0 Å². The van der Waals surface area contributed by atoms with E-state index in [0.717, 1.165) is 17.8 Å². The van der Waals surface area contributed by atoms with Gasteiger partial charge in [-0.25, -0.2) is 0 Å². The Morgan fingerprint density at radius 2 is 1.28 bits per heavy atom. The minimum Gasteiger partial charge on any atom is -0.365 e. The molecule has 8 aliphatic rings. The Bertz CT molecular complexity index is 1320. The molecule has 0 aromatic rings. The maximum Gasteiger partial charge on any atom is 0.0473 e. The lowest BCUT2D eigenvalue weighted by molar-refractivity contribution is 0.146. The maximum atomic E-state index is 2.95. The van der Waals surface area contributed by atoms with Crippen molar-refractivity contribution in [3.63, 3.8) is 0 Å². The highest BCUT2D eigenvalue weighted by Crippen LogP contribution is 2.43. The number of fused-ring (bicyclic) bond motifs is 2. The second-order valence-corrected chi connectivity index (χ2v) is 16.1. The molecule has 8 aliphatic carbocycles. The lowest BCUT2D eigenvalue weighted by Crippen LogP contribution is -2.46. The quantitative estimate of drug-likeness (QED) is 0.263. The third-order valence-electron chi connectivity index (χ3n) is 13.4. The van der Waals surface area contributed by atoms with Gasteiger partial charge in [0.05, 0.1) is 0 Å². The molecule has 2 heteroatoms. The molecule has 9 atom stereocenters. The Kier molecular flexibility index (Phi) is 9.60. The Labute approximate surface area is 280 Å². The maximum absolute atomic E-state index is 2.95. The molecule has 0 aromatic carbocycles. The van der Waals surface area contributed by atoms with Crippen LogP contribution in [-0.4, -0.2) is 34.0 Å². The van der Waals surface area contributed by atoms with Gasteiger partial charge in [0.15, 0.2) is 0 Å². The zero-order valence-electron chi connectivity index (χ0n) is 28.5. The van der Waals surface area contributed by atoms with Gasteiger partial charge in [-0.2, -0.15) is 0 Å². The van der Waals surface area contributed by atoms with Gasteiger partial charge in [-0.3, -0.25) is 0 Å². The van der Waals surface area contributed by atoms with Gasteiger partial charge in [-0.05, 0) is 157 Å². The first-order valence-electron chi connectivity index (χ1n) is 19.8. The van der Waals surface area contributed by atoms with Crippen LogP contribution in [0.25, 0.3) is 0 Å². The predicted molar refractivity (Wildman–Crippen MR) is 194 cm³/mol. The van der Waals surface area contributed by atoms with E-state index in [-0.39, 0.29) is 0 Å². The van der Waals surface area contributed by atoms with Crippen LogP contribution in [0.5, 0.6) is 0 Å². The third kappa shape index (κ3) is 6.61. The van der Waals surface area contributed by atoms with Crippen molar-refractivity contribution >= 4 is 0 Å². The number of hydrogen-bond acceptors (Lipinski definition) is 2. The molecule has 8 rings (SSSR count). The second kappa shape index (κ2) is 14.3. The summed E-state index contributed by atoms with van der Waals surface area (Å²) in [6.45, 7) is 0. The lowest BCUT2D eigenvalue weighted by atomic mass is 9.75. The zero-order chi connectivity index (χ0) is 30.7. The van der Waals surface area contributed by atoms with E-state index < -0.39 is 0 Å². The average Bonchev–Trinajstić information content (AvgIpc) is 3.13. The van der Waals surface area contributed by atoms with Crippen LogP contribution in [-0.2, 0) is 0 Å². The molecule has 0 spiro atoms. The van der Waals surface area contributed by atoms with Crippen molar-refractivity contribution in [3.05, 3.63) is 96.0 Å². The number of nitrogens with zero attached hydrogens (tertiary/aromatic N) is 2. The third-order valence-corrected chi connectivity index (χ3v) is 13.4. The Balaban J connectivity index is 0.961. The largest absolute Gasteiger partial charge is 0.365 e. The summed E-state index contributed by atoms with van der Waals surface area (Å²) in [4.78, 5) is 5.89. The molecule has 2 nitrogen and oxygen atoms in total. The molecular formula is C44H60N2. The summed E-state index contributed by atoms with van der Waals surface area (Å²) in [7, 11) is 0. The molecule has 0 aliphatic heterocycles. The topological polar surface area (TPSA) is 6.48 Å². The second-order valence-electron chi connectivity index (χ2n) is 16.1. The van der Waals surface area contributed by atoms with E-state index in [1.54, 1.807) is 17.0 Å². The number of allylic oxidation sites excluding steroid dienone is 12. The Morgan fingerprint density at radius 3 is 2.02 bits per heavy atom. The number of hydrogen-bond donors (Lipinski definition) is 0. The van der Waals surface area contributed by atoms with Crippen molar-refractivity contribution in [3.8, 4) is 0 Å². The van der Waals surface area contributed by atoms with Gasteiger partial charge >= 0.3 is 0 Å². The van der Waals surface area contributed by atoms with E-state index >= 15 is 0 Å². The van der Waals surface area contributed by atoms with Gasteiger partial charge in [-0.15, -0.1) is 0 Å². The smallest absolute Gasteiger partial charge is 0.0473 e. The molecule has 0 fully saturated rings. The van der Waals surface area contributed by atoms with Crippen LogP contribution >= 0.6 is 0 Å². The van der Waals surface area contributed by atoms with Crippen LogP contribution in [0.2, 0.25) is 0 Å². The Hall–Kier alpha value is -2.48. The summed E-state index contributed by atoms with van der Waals surface area (Å²) >= 11 is 0. The van der Waals surface area contributed by atoms with E-state index in [1.165, 1.54) is 122 Å². The molecule has 0 bridgehead atoms. The highest BCUT2D eigenvalue weighted by atomic mass is 15.2. The van der Waals surface area contributed by atoms with Gasteiger partial charge in [0, 0.05) is 35.6 Å².